The topological polar surface area (TPSA) is 125 Å². The zero-order valence-electron chi connectivity index (χ0n) is 11.1. The number of nitrogens with one attached hydrogen (secondary N) is 1. The summed E-state index contributed by atoms with van der Waals surface area (Å²) in [5.74, 6) is 0. The van der Waals surface area contributed by atoms with Crippen molar-refractivity contribution in [2.45, 2.75) is 31.3 Å². The van der Waals surface area contributed by atoms with E-state index in [4.69, 9.17) is 9.84 Å². The number of aromatic nitrogens is 2. The van der Waals surface area contributed by atoms with E-state index in [1.54, 1.807) is 0 Å². The molecule has 10 heteroatoms. The van der Waals surface area contributed by atoms with Crippen LogP contribution >= 0.6 is 0 Å². The highest BCUT2D eigenvalue weighted by Gasteiger charge is 2.47. The Morgan fingerprint density at radius 1 is 1.43 bits per heavy atom. The second kappa shape index (κ2) is 6.89. The van der Waals surface area contributed by atoms with Crippen molar-refractivity contribution < 1.29 is 28.8 Å². The van der Waals surface area contributed by atoms with Gasteiger partial charge in [-0.05, 0) is 6.92 Å². The fraction of sp³-hybridized carbons (Fsp3) is 0.636. The summed E-state index contributed by atoms with van der Waals surface area (Å²) in [6, 6.07) is 0.929. The molecule has 3 atom stereocenters. The second-order valence-electron chi connectivity index (χ2n) is 4.36. The Labute approximate surface area is 117 Å². The van der Waals surface area contributed by atoms with E-state index in [-0.39, 0.29) is 0 Å². The molecule has 0 bridgehead atoms. The molecule has 8 nitrogen and oxygen atoms in total. The molecule has 1 aromatic rings. The van der Waals surface area contributed by atoms with Gasteiger partial charge in [0.2, 0.25) is 0 Å². The number of rotatable bonds is 7. The zero-order chi connectivity index (χ0) is 16.2. The molecule has 1 rings (SSSR count). The number of aromatic amines is 1. The SMILES string of the molecule is C[C@H](O)[C@@](CO)(O[C@H](CO)n1ccc(=O)[nH]c1=O)C(F)F. The summed E-state index contributed by atoms with van der Waals surface area (Å²) in [6.45, 7) is -1.16. The molecule has 0 saturated carbocycles. The van der Waals surface area contributed by atoms with Gasteiger partial charge in [-0.3, -0.25) is 14.3 Å². The van der Waals surface area contributed by atoms with Gasteiger partial charge < -0.3 is 20.1 Å². The Balaban J connectivity index is 3.21. The molecule has 1 heterocycles. The van der Waals surface area contributed by atoms with E-state index in [2.05, 4.69) is 0 Å². The third-order valence-corrected chi connectivity index (χ3v) is 3.00. The van der Waals surface area contributed by atoms with Crippen LogP contribution in [0.2, 0.25) is 0 Å². The van der Waals surface area contributed by atoms with Crippen LogP contribution in [0.5, 0.6) is 0 Å². The highest BCUT2D eigenvalue weighted by atomic mass is 19.3. The third kappa shape index (κ3) is 3.53. The Morgan fingerprint density at radius 3 is 2.43 bits per heavy atom. The quantitative estimate of drug-likeness (QED) is 0.482. The normalized spacial score (nSPS) is 17.5. The fourth-order valence-corrected chi connectivity index (χ4v) is 1.66. The molecular weight excluding hydrogens is 294 g/mol. The summed E-state index contributed by atoms with van der Waals surface area (Å²) in [5, 5.41) is 27.8. The molecule has 21 heavy (non-hydrogen) atoms. The van der Waals surface area contributed by atoms with E-state index in [0.717, 1.165) is 19.2 Å². The predicted molar refractivity (Wildman–Crippen MR) is 66.0 cm³/mol. The average molecular weight is 310 g/mol. The van der Waals surface area contributed by atoms with E-state index >= 15 is 0 Å². The molecule has 0 saturated heterocycles. The minimum Gasteiger partial charge on any atom is -0.393 e. The van der Waals surface area contributed by atoms with Crippen LogP contribution < -0.4 is 11.2 Å². The van der Waals surface area contributed by atoms with Crippen LogP contribution in [0.25, 0.3) is 0 Å². The van der Waals surface area contributed by atoms with Crippen molar-refractivity contribution in [3.05, 3.63) is 33.1 Å². The van der Waals surface area contributed by atoms with Crippen molar-refractivity contribution in [3.63, 3.8) is 0 Å². The van der Waals surface area contributed by atoms with Crippen LogP contribution in [-0.2, 0) is 4.74 Å². The number of ether oxygens (including phenoxy) is 1. The standard InChI is InChI=1S/C11H16F2N2O6/c1-6(18)11(5-17,9(12)13)21-8(4-16)15-3-2-7(19)14-10(15)20/h2-3,6,8-9,16-18H,4-5H2,1H3,(H,14,19,20)/t6-,8+,11+/m0/s1. The number of nitrogens with zero attached hydrogens (tertiary/aromatic N) is 1. The Bertz CT molecular complexity index is 562. The lowest BCUT2D eigenvalue weighted by atomic mass is 9.99. The minimum atomic E-state index is -3.28. The number of hydrogen-bond acceptors (Lipinski definition) is 6. The molecule has 0 aliphatic rings. The van der Waals surface area contributed by atoms with Crippen LogP contribution in [0.1, 0.15) is 13.2 Å². The smallest absolute Gasteiger partial charge is 0.330 e. The van der Waals surface area contributed by atoms with Gasteiger partial charge in [0.25, 0.3) is 12.0 Å². The molecule has 0 aromatic carbocycles. The first-order chi connectivity index (χ1) is 9.78. The third-order valence-electron chi connectivity index (χ3n) is 3.00. The van der Waals surface area contributed by atoms with Gasteiger partial charge in [-0.1, -0.05) is 0 Å². The van der Waals surface area contributed by atoms with E-state index in [0.29, 0.717) is 4.57 Å². The summed E-state index contributed by atoms with van der Waals surface area (Å²) in [5.41, 5.74) is -4.39. The van der Waals surface area contributed by atoms with Gasteiger partial charge in [0.15, 0.2) is 11.8 Å². The Kier molecular flexibility index (Phi) is 5.72. The van der Waals surface area contributed by atoms with Crippen molar-refractivity contribution in [1.82, 2.24) is 9.55 Å². The summed E-state index contributed by atoms with van der Waals surface area (Å²) in [4.78, 5) is 24.4. The highest BCUT2D eigenvalue weighted by molar-refractivity contribution is 4.91. The summed E-state index contributed by atoms with van der Waals surface area (Å²) < 4.78 is 31.8. The monoisotopic (exact) mass is 310 g/mol. The van der Waals surface area contributed by atoms with Gasteiger partial charge in [0.1, 0.15) is 0 Å². The van der Waals surface area contributed by atoms with E-state index in [1.165, 1.54) is 0 Å². The van der Waals surface area contributed by atoms with Crippen molar-refractivity contribution in [1.29, 1.82) is 0 Å². The maximum Gasteiger partial charge on any atom is 0.330 e. The van der Waals surface area contributed by atoms with Crippen LogP contribution in [0.15, 0.2) is 21.9 Å². The van der Waals surface area contributed by atoms with Crippen molar-refractivity contribution in [2.24, 2.45) is 0 Å². The first-order valence-corrected chi connectivity index (χ1v) is 5.95. The molecular formula is C11H16F2N2O6. The molecule has 0 fully saturated rings. The van der Waals surface area contributed by atoms with Crippen LogP contribution in [0.4, 0.5) is 8.78 Å². The van der Waals surface area contributed by atoms with Crippen LogP contribution in [-0.4, -0.2) is 56.2 Å². The lowest BCUT2D eigenvalue weighted by Gasteiger charge is -2.36. The Morgan fingerprint density at radius 2 is 2.05 bits per heavy atom. The van der Waals surface area contributed by atoms with Crippen LogP contribution in [0, 0.1) is 0 Å². The molecule has 4 N–H and O–H groups in total. The summed E-state index contributed by atoms with van der Waals surface area (Å²) in [6.07, 6.45) is -5.74. The van der Waals surface area contributed by atoms with Gasteiger partial charge in [-0.2, -0.15) is 0 Å². The molecule has 0 unspecified atom stereocenters. The van der Waals surface area contributed by atoms with Gasteiger partial charge in [0.05, 0.1) is 19.3 Å². The molecule has 0 amide bonds. The van der Waals surface area contributed by atoms with Crippen LogP contribution in [0.3, 0.4) is 0 Å². The maximum absolute atomic E-state index is 13.1. The van der Waals surface area contributed by atoms with Gasteiger partial charge in [-0.15, -0.1) is 0 Å². The molecule has 0 aliphatic carbocycles. The fourth-order valence-electron chi connectivity index (χ4n) is 1.66. The molecule has 0 radical (unpaired) electrons. The van der Waals surface area contributed by atoms with Gasteiger partial charge in [-0.25, -0.2) is 13.6 Å². The largest absolute Gasteiger partial charge is 0.393 e. The molecule has 0 aliphatic heterocycles. The van der Waals surface area contributed by atoms with E-state index < -0.39 is 48.8 Å². The number of hydrogen-bond donors (Lipinski definition) is 4. The minimum absolute atomic E-state index is 0.663. The summed E-state index contributed by atoms with van der Waals surface area (Å²) in [7, 11) is 0. The highest BCUT2D eigenvalue weighted by Crippen LogP contribution is 2.28. The van der Waals surface area contributed by atoms with Crippen molar-refractivity contribution in [3.8, 4) is 0 Å². The van der Waals surface area contributed by atoms with Gasteiger partial charge in [0, 0.05) is 12.3 Å². The number of halogens is 2. The first kappa shape index (κ1) is 17.4. The number of alkyl halides is 2. The first-order valence-electron chi connectivity index (χ1n) is 5.95. The van der Waals surface area contributed by atoms with Crippen molar-refractivity contribution in [2.75, 3.05) is 13.2 Å². The van der Waals surface area contributed by atoms with E-state index in [9.17, 15) is 28.6 Å². The maximum atomic E-state index is 13.1. The zero-order valence-corrected chi connectivity index (χ0v) is 11.1. The number of aliphatic hydroxyl groups excluding tert-OH is 3. The lowest BCUT2D eigenvalue weighted by Crippen LogP contribution is -2.55. The lowest BCUT2D eigenvalue weighted by molar-refractivity contribution is -0.251. The predicted octanol–water partition coefficient (Wildman–Crippen LogP) is -1.58. The van der Waals surface area contributed by atoms with Crippen molar-refractivity contribution >= 4 is 0 Å². The molecule has 0 spiro atoms. The average Bonchev–Trinajstić information content (AvgIpc) is 2.40. The second-order valence-corrected chi connectivity index (χ2v) is 4.36. The number of H-pyrrole nitrogens is 1. The van der Waals surface area contributed by atoms with Gasteiger partial charge >= 0.3 is 5.69 Å². The summed E-state index contributed by atoms with van der Waals surface area (Å²) >= 11 is 0. The molecule has 1 aromatic heterocycles. The Hall–Kier alpha value is -1.62. The molecule has 120 valence electrons. The van der Waals surface area contributed by atoms with E-state index in [1.807, 2.05) is 4.98 Å². The number of aliphatic hydroxyl groups is 3.